The van der Waals surface area contributed by atoms with Gasteiger partial charge in [-0.05, 0) is 30.5 Å². The fourth-order valence-electron chi connectivity index (χ4n) is 3.97. The first-order chi connectivity index (χ1) is 15.4. The summed E-state index contributed by atoms with van der Waals surface area (Å²) in [6.45, 7) is 1.31. The van der Waals surface area contributed by atoms with Crippen molar-refractivity contribution in [1.29, 1.82) is 0 Å². The van der Waals surface area contributed by atoms with Crippen LogP contribution in [0.3, 0.4) is 0 Å². The standard InChI is InChI=1S/C24H24F2N4O2/c1-29-15-20(22(28-29)19-8-7-18(25)13-21(19)26)24(32)30-11-9-17(10-12-30)23(31)27-14-16-5-3-2-4-6-16/h2-8,13,15,17H,9-12,14H2,1H3,(H,27,31). The maximum atomic E-state index is 14.3. The maximum Gasteiger partial charge on any atom is 0.257 e. The number of piperidine rings is 1. The first kappa shape index (κ1) is 21.7. The van der Waals surface area contributed by atoms with Crippen LogP contribution < -0.4 is 5.32 Å². The first-order valence-corrected chi connectivity index (χ1v) is 10.5. The second-order valence-electron chi connectivity index (χ2n) is 7.96. The molecule has 0 spiro atoms. The Kier molecular flexibility index (Phi) is 6.30. The molecule has 0 radical (unpaired) electrons. The number of benzene rings is 2. The van der Waals surface area contributed by atoms with Gasteiger partial charge >= 0.3 is 0 Å². The highest BCUT2D eigenvalue weighted by Gasteiger charge is 2.30. The lowest BCUT2D eigenvalue weighted by Gasteiger charge is -2.31. The van der Waals surface area contributed by atoms with E-state index >= 15 is 0 Å². The summed E-state index contributed by atoms with van der Waals surface area (Å²) in [5, 5.41) is 7.19. The molecular weight excluding hydrogens is 414 g/mol. The Morgan fingerprint density at radius 2 is 1.81 bits per heavy atom. The zero-order valence-corrected chi connectivity index (χ0v) is 17.7. The van der Waals surface area contributed by atoms with Gasteiger partial charge in [-0.1, -0.05) is 30.3 Å². The van der Waals surface area contributed by atoms with E-state index in [0.29, 0.717) is 32.5 Å². The van der Waals surface area contributed by atoms with E-state index in [9.17, 15) is 18.4 Å². The van der Waals surface area contributed by atoms with Crippen molar-refractivity contribution in [3.05, 3.63) is 77.5 Å². The molecule has 0 aliphatic carbocycles. The molecule has 1 saturated heterocycles. The van der Waals surface area contributed by atoms with Crippen LogP contribution in [0.25, 0.3) is 11.3 Å². The Morgan fingerprint density at radius 3 is 2.50 bits per heavy atom. The van der Waals surface area contributed by atoms with E-state index in [1.165, 1.54) is 10.7 Å². The summed E-state index contributed by atoms with van der Waals surface area (Å²) in [5.41, 5.74) is 1.54. The first-order valence-electron chi connectivity index (χ1n) is 10.5. The number of rotatable bonds is 5. The second-order valence-corrected chi connectivity index (χ2v) is 7.96. The van der Waals surface area contributed by atoms with Crippen LogP contribution in [0.4, 0.5) is 8.78 Å². The highest BCUT2D eigenvalue weighted by Crippen LogP contribution is 2.28. The van der Waals surface area contributed by atoms with Crippen molar-refractivity contribution in [1.82, 2.24) is 20.0 Å². The van der Waals surface area contributed by atoms with Crippen LogP contribution in [0.15, 0.2) is 54.7 Å². The third-order valence-corrected chi connectivity index (χ3v) is 5.71. The van der Waals surface area contributed by atoms with Crippen molar-refractivity contribution in [2.45, 2.75) is 19.4 Å². The molecule has 1 aliphatic heterocycles. The number of nitrogens with one attached hydrogen (secondary N) is 1. The average molecular weight is 438 g/mol. The molecule has 1 aliphatic rings. The van der Waals surface area contributed by atoms with E-state index in [-0.39, 0.29) is 34.6 Å². The van der Waals surface area contributed by atoms with Crippen LogP contribution in [0.2, 0.25) is 0 Å². The number of carbonyl (C=O) groups is 2. The Morgan fingerprint density at radius 1 is 1.09 bits per heavy atom. The van der Waals surface area contributed by atoms with Gasteiger partial charge in [0.05, 0.1) is 5.56 Å². The van der Waals surface area contributed by atoms with Crippen LogP contribution in [0, 0.1) is 17.6 Å². The molecule has 0 bridgehead atoms. The number of nitrogens with zero attached hydrogens (tertiary/aromatic N) is 3. The number of hydrogen-bond donors (Lipinski definition) is 1. The normalized spacial score (nSPS) is 14.4. The molecule has 0 atom stereocenters. The lowest BCUT2D eigenvalue weighted by atomic mass is 9.95. The summed E-state index contributed by atoms with van der Waals surface area (Å²) in [7, 11) is 1.64. The van der Waals surface area contributed by atoms with E-state index in [1.54, 1.807) is 18.1 Å². The monoisotopic (exact) mass is 438 g/mol. The van der Waals surface area contributed by atoms with Gasteiger partial charge in [0.15, 0.2) is 0 Å². The van der Waals surface area contributed by atoms with Gasteiger partial charge in [0, 0.05) is 50.4 Å². The summed E-state index contributed by atoms with van der Waals surface area (Å²) in [4.78, 5) is 27.3. The molecule has 0 unspecified atom stereocenters. The number of aromatic nitrogens is 2. The largest absolute Gasteiger partial charge is 0.352 e. The van der Waals surface area contributed by atoms with Crippen molar-refractivity contribution in [2.24, 2.45) is 13.0 Å². The number of amides is 2. The van der Waals surface area contributed by atoms with Gasteiger partial charge in [-0.25, -0.2) is 8.78 Å². The minimum absolute atomic E-state index is 0.0172. The minimum Gasteiger partial charge on any atom is -0.352 e. The third kappa shape index (κ3) is 4.69. The molecule has 4 rings (SSSR count). The average Bonchev–Trinajstić information content (AvgIpc) is 3.19. The highest BCUT2D eigenvalue weighted by molar-refractivity contribution is 6.00. The van der Waals surface area contributed by atoms with Gasteiger partial charge in [0.1, 0.15) is 17.3 Å². The lowest BCUT2D eigenvalue weighted by Crippen LogP contribution is -2.43. The Balaban J connectivity index is 1.40. The van der Waals surface area contributed by atoms with Crippen molar-refractivity contribution < 1.29 is 18.4 Å². The van der Waals surface area contributed by atoms with Crippen LogP contribution in [0.1, 0.15) is 28.8 Å². The van der Waals surface area contributed by atoms with Crippen LogP contribution in [-0.2, 0) is 18.4 Å². The van der Waals surface area contributed by atoms with Gasteiger partial charge < -0.3 is 10.2 Å². The zero-order chi connectivity index (χ0) is 22.7. The molecule has 1 fully saturated rings. The van der Waals surface area contributed by atoms with Crippen molar-refractivity contribution >= 4 is 11.8 Å². The van der Waals surface area contributed by atoms with E-state index in [2.05, 4.69) is 10.4 Å². The van der Waals surface area contributed by atoms with Gasteiger partial charge in [0.2, 0.25) is 5.91 Å². The zero-order valence-electron chi connectivity index (χ0n) is 17.7. The van der Waals surface area contributed by atoms with Gasteiger partial charge in [-0.3, -0.25) is 14.3 Å². The third-order valence-electron chi connectivity index (χ3n) is 5.71. The van der Waals surface area contributed by atoms with E-state index < -0.39 is 11.6 Å². The van der Waals surface area contributed by atoms with Crippen LogP contribution >= 0.6 is 0 Å². The van der Waals surface area contributed by atoms with Gasteiger partial charge in [-0.2, -0.15) is 5.10 Å². The minimum atomic E-state index is -0.772. The van der Waals surface area contributed by atoms with Crippen LogP contribution in [0.5, 0.6) is 0 Å². The summed E-state index contributed by atoms with van der Waals surface area (Å²) in [6, 6.07) is 12.9. The van der Waals surface area contributed by atoms with Crippen LogP contribution in [-0.4, -0.2) is 39.6 Å². The predicted octanol–water partition coefficient (Wildman–Crippen LogP) is 3.53. The topological polar surface area (TPSA) is 67.2 Å². The molecule has 2 amide bonds. The lowest BCUT2D eigenvalue weighted by molar-refractivity contribution is -0.126. The smallest absolute Gasteiger partial charge is 0.257 e. The van der Waals surface area contributed by atoms with Gasteiger partial charge in [-0.15, -0.1) is 0 Å². The molecule has 6 nitrogen and oxygen atoms in total. The van der Waals surface area contributed by atoms with Crippen molar-refractivity contribution in [3.8, 4) is 11.3 Å². The van der Waals surface area contributed by atoms with E-state index in [1.807, 2.05) is 30.3 Å². The molecule has 1 N–H and O–H groups in total. The molecule has 8 heteroatoms. The molecule has 0 saturated carbocycles. The molecular formula is C24H24F2N4O2. The second kappa shape index (κ2) is 9.30. The highest BCUT2D eigenvalue weighted by atomic mass is 19.1. The quantitative estimate of drug-likeness (QED) is 0.663. The van der Waals surface area contributed by atoms with Gasteiger partial charge in [0.25, 0.3) is 5.91 Å². The number of aryl methyl sites for hydroxylation is 1. The maximum absolute atomic E-state index is 14.3. The fraction of sp³-hybridized carbons (Fsp3) is 0.292. The summed E-state index contributed by atoms with van der Waals surface area (Å²) >= 11 is 0. The van der Waals surface area contributed by atoms with Crippen molar-refractivity contribution in [3.63, 3.8) is 0 Å². The molecule has 1 aromatic heterocycles. The molecule has 32 heavy (non-hydrogen) atoms. The number of carbonyl (C=O) groups excluding carboxylic acids is 2. The molecule has 2 aromatic carbocycles. The predicted molar refractivity (Wildman–Crippen MR) is 115 cm³/mol. The summed E-state index contributed by atoms with van der Waals surface area (Å²) in [5.74, 6) is -1.92. The fourth-order valence-corrected chi connectivity index (χ4v) is 3.97. The van der Waals surface area contributed by atoms with E-state index in [0.717, 1.165) is 17.7 Å². The Hall–Kier alpha value is -3.55. The summed E-state index contributed by atoms with van der Waals surface area (Å²) < 4.78 is 29.0. The number of hydrogen-bond acceptors (Lipinski definition) is 3. The molecule has 166 valence electrons. The molecule has 2 heterocycles. The SMILES string of the molecule is Cn1cc(C(=O)N2CCC(C(=O)NCc3ccccc3)CC2)c(-c2ccc(F)cc2F)n1. The number of likely N-dealkylation sites (tertiary alicyclic amines) is 1. The molecule has 3 aromatic rings. The summed E-state index contributed by atoms with van der Waals surface area (Å²) in [6.07, 6.45) is 2.64. The number of halogens is 2. The Bertz CT molecular complexity index is 1120. The van der Waals surface area contributed by atoms with Crippen molar-refractivity contribution in [2.75, 3.05) is 13.1 Å². The van der Waals surface area contributed by atoms with E-state index in [4.69, 9.17) is 0 Å². The Labute approximate surface area is 184 Å².